The van der Waals surface area contributed by atoms with Crippen molar-refractivity contribution < 1.29 is 8.42 Å². The Balaban J connectivity index is 3.93. The van der Waals surface area contributed by atoms with Crippen LogP contribution < -0.4 is 0 Å². The van der Waals surface area contributed by atoms with Crippen molar-refractivity contribution in [2.24, 2.45) is 0 Å². The first-order valence-corrected chi connectivity index (χ1v) is 3.75. The average Bonchev–Trinajstić information content (AvgIpc) is 1.82. The minimum Gasteiger partial charge on any atom is -0.290 e. The first-order chi connectivity index (χ1) is 4.18. The van der Waals surface area contributed by atoms with Crippen LogP contribution in [0.4, 0.5) is 0 Å². The molecule has 0 unspecified atom stereocenters. The lowest BCUT2D eigenvalue weighted by Gasteiger charge is -1.79. The molecule has 0 spiro atoms. The molecular formula is C5H9NO2S. The third kappa shape index (κ3) is 3.90. The summed E-state index contributed by atoms with van der Waals surface area (Å²) in [6.45, 7) is 1.88. The van der Waals surface area contributed by atoms with Gasteiger partial charge in [-0.1, -0.05) is 13.0 Å². The smallest absolute Gasteiger partial charge is 0.184 e. The van der Waals surface area contributed by atoms with E-state index in [1.165, 1.54) is 6.08 Å². The Hall–Kier alpha value is -0.640. The highest BCUT2D eigenvalue weighted by Crippen LogP contribution is 1.81. The monoisotopic (exact) mass is 147 g/mol. The molecule has 52 valence electrons. The van der Waals surface area contributed by atoms with Crippen molar-refractivity contribution >= 4 is 15.7 Å². The maximum absolute atomic E-state index is 9.97. The SMILES string of the molecule is CCC=CC(=N)[SH](=O)=O. The highest BCUT2D eigenvalue weighted by molar-refractivity contribution is 7.89. The Morgan fingerprint density at radius 1 is 1.67 bits per heavy atom. The fraction of sp³-hybridized carbons (Fsp3) is 0.400. The van der Waals surface area contributed by atoms with Crippen molar-refractivity contribution in [2.75, 3.05) is 0 Å². The number of nitrogens with one attached hydrogen (secondary N) is 1. The molecule has 0 saturated carbocycles. The highest BCUT2D eigenvalue weighted by Gasteiger charge is 1.87. The van der Waals surface area contributed by atoms with Crippen LogP contribution in [0.1, 0.15) is 13.3 Å². The molecule has 4 heteroatoms. The van der Waals surface area contributed by atoms with Gasteiger partial charge in [-0.05, 0) is 12.5 Å². The number of allylic oxidation sites excluding steroid dienone is 1. The van der Waals surface area contributed by atoms with Crippen molar-refractivity contribution in [3.8, 4) is 0 Å². The standard InChI is InChI=1S/C5H9NO2S/c1-2-3-4-5(6)9(7)8/h3-4,6,9H,2H2,1H3. The first-order valence-electron chi connectivity index (χ1n) is 2.58. The number of thiol groups is 1. The highest BCUT2D eigenvalue weighted by atomic mass is 32.2. The van der Waals surface area contributed by atoms with E-state index < -0.39 is 10.7 Å². The summed E-state index contributed by atoms with van der Waals surface area (Å²) < 4.78 is 19.9. The van der Waals surface area contributed by atoms with E-state index in [-0.39, 0.29) is 5.04 Å². The molecule has 0 atom stereocenters. The molecule has 0 aliphatic heterocycles. The van der Waals surface area contributed by atoms with E-state index >= 15 is 0 Å². The van der Waals surface area contributed by atoms with Gasteiger partial charge in [-0.3, -0.25) is 5.41 Å². The van der Waals surface area contributed by atoms with Crippen LogP contribution in [0.3, 0.4) is 0 Å². The Bertz CT molecular complexity index is 185. The summed E-state index contributed by atoms with van der Waals surface area (Å²) in [5.41, 5.74) is 0. The lowest BCUT2D eigenvalue weighted by Crippen LogP contribution is -1.90. The summed E-state index contributed by atoms with van der Waals surface area (Å²) in [5.74, 6) is 0. The maximum atomic E-state index is 9.97. The van der Waals surface area contributed by atoms with Gasteiger partial charge < -0.3 is 0 Å². The van der Waals surface area contributed by atoms with Crippen molar-refractivity contribution in [1.82, 2.24) is 0 Å². The molecule has 0 aromatic heterocycles. The van der Waals surface area contributed by atoms with Crippen LogP contribution in [0.5, 0.6) is 0 Å². The predicted octanol–water partition coefficient (Wildman–Crippen LogP) is 0.541. The number of hydrogen-bond donors (Lipinski definition) is 2. The maximum Gasteiger partial charge on any atom is 0.184 e. The van der Waals surface area contributed by atoms with Gasteiger partial charge in [-0.25, -0.2) is 8.42 Å². The molecule has 0 heterocycles. The molecule has 0 aliphatic carbocycles. The average molecular weight is 147 g/mol. The van der Waals surface area contributed by atoms with E-state index in [1.807, 2.05) is 6.92 Å². The molecular weight excluding hydrogens is 138 g/mol. The molecule has 0 aliphatic rings. The fourth-order valence-corrected chi connectivity index (χ4v) is 0.517. The Labute approximate surface area is 55.9 Å². The van der Waals surface area contributed by atoms with E-state index in [4.69, 9.17) is 5.41 Å². The van der Waals surface area contributed by atoms with Crippen molar-refractivity contribution in [3.05, 3.63) is 12.2 Å². The minimum absolute atomic E-state index is 0.327. The minimum atomic E-state index is -2.68. The van der Waals surface area contributed by atoms with Crippen LogP contribution in [-0.2, 0) is 10.7 Å². The Morgan fingerprint density at radius 3 is 2.56 bits per heavy atom. The van der Waals surface area contributed by atoms with E-state index in [0.717, 1.165) is 6.42 Å². The molecule has 1 N–H and O–H groups in total. The zero-order chi connectivity index (χ0) is 7.28. The van der Waals surface area contributed by atoms with Gasteiger partial charge >= 0.3 is 0 Å². The van der Waals surface area contributed by atoms with E-state index in [1.54, 1.807) is 6.08 Å². The summed E-state index contributed by atoms with van der Waals surface area (Å²) in [5, 5.41) is 6.44. The molecule has 0 aromatic carbocycles. The lowest BCUT2D eigenvalue weighted by atomic mass is 10.4. The molecule has 0 radical (unpaired) electrons. The second-order valence-corrected chi connectivity index (χ2v) is 2.45. The van der Waals surface area contributed by atoms with Crippen LogP contribution in [0.2, 0.25) is 0 Å². The van der Waals surface area contributed by atoms with Crippen molar-refractivity contribution in [3.63, 3.8) is 0 Å². The second kappa shape index (κ2) is 4.26. The van der Waals surface area contributed by atoms with E-state index in [0.29, 0.717) is 0 Å². The Morgan fingerprint density at radius 2 is 2.22 bits per heavy atom. The number of rotatable bonds is 2. The molecule has 0 amide bonds. The molecule has 0 saturated heterocycles. The first kappa shape index (κ1) is 8.36. The number of hydrogen-bond acceptors (Lipinski definition) is 3. The molecule has 0 fully saturated rings. The lowest BCUT2D eigenvalue weighted by molar-refractivity contribution is 0.624. The summed E-state index contributed by atoms with van der Waals surface area (Å²) >= 11 is 0. The summed E-state index contributed by atoms with van der Waals surface area (Å²) in [7, 11) is -2.68. The topological polar surface area (TPSA) is 58.0 Å². The third-order valence-electron chi connectivity index (χ3n) is 0.708. The van der Waals surface area contributed by atoms with Gasteiger partial charge in [0.1, 0.15) is 5.04 Å². The molecule has 0 bridgehead atoms. The van der Waals surface area contributed by atoms with Crippen LogP contribution in [0.15, 0.2) is 12.2 Å². The molecule has 9 heavy (non-hydrogen) atoms. The van der Waals surface area contributed by atoms with Crippen LogP contribution in [-0.4, -0.2) is 13.5 Å². The van der Waals surface area contributed by atoms with Crippen LogP contribution in [0.25, 0.3) is 0 Å². The van der Waals surface area contributed by atoms with E-state index in [2.05, 4.69) is 0 Å². The fourth-order valence-electron chi connectivity index (χ4n) is 0.290. The van der Waals surface area contributed by atoms with Gasteiger partial charge in [0, 0.05) is 0 Å². The molecule has 0 rings (SSSR count). The molecule has 3 nitrogen and oxygen atoms in total. The van der Waals surface area contributed by atoms with Crippen LogP contribution in [0, 0.1) is 5.41 Å². The largest absolute Gasteiger partial charge is 0.290 e. The van der Waals surface area contributed by atoms with Gasteiger partial charge in [0.05, 0.1) is 0 Å². The van der Waals surface area contributed by atoms with E-state index in [9.17, 15) is 8.42 Å². The van der Waals surface area contributed by atoms with Crippen LogP contribution >= 0.6 is 0 Å². The predicted molar refractivity (Wildman–Crippen MR) is 37.5 cm³/mol. The summed E-state index contributed by atoms with van der Waals surface area (Å²) in [6.07, 6.45) is 3.67. The second-order valence-electron chi connectivity index (χ2n) is 1.45. The zero-order valence-electron chi connectivity index (χ0n) is 5.13. The summed E-state index contributed by atoms with van der Waals surface area (Å²) in [6, 6.07) is 0. The third-order valence-corrected chi connectivity index (χ3v) is 1.25. The zero-order valence-corrected chi connectivity index (χ0v) is 6.02. The van der Waals surface area contributed by atoms with Gasteiger partial charge in [-0.2, -0.15) is 0 Å². The normalized spacial score (nSPS) is 10.9. The van der Waals surface area contributed by atoms with Crippen molar-refractivity contribution in [2.45, 2.75) is 13.3 Å². The van der Waals surface area contributed by atoms with Gasteiger partial charge in [0.25, 0.3) is 0 Å². The molecule has 0 aromatic rings. The summed E-state index contributed by atoms with van der Waals surface area (Å²) in [4.78, 5) is 0. The quantitative estimate of drug-likeness (QED) is 0.340. The van der Waals surface area contributed by atoms with Gasteiger partial charge in [-0.15, -0.1) is 0 Å². The van der Waals surface area contributed by atoms with Gasteiger partial charge in [0.15, 0.2) is 10.7 Å². The van der Waals surface area contributed by atoms with Gasteiger partial charge in [0.2, 0.25) is 0 Å². The Kier molecular flexibility index (Phi) is 3.96. The van der Waals surface area contributed by atoms with Crippen molar-refractivity contribution in [1.29, 1.82) is 5.41 Å².